The SMILES string of the molecule is O=C(O)c1ccc(OC2CCCC2)c(-c2ccc3ccsc3c2)c1. The molecule has 1 aliphatic rings. The summed E-state index contributed by atoms with van der Waals surface area (Å²) in [6.07, 6.45) is 4.79. The van der Waals surface area contributed by atoms with Gasteiger partial charge in [0.05, 0.1) is 11.7 Å². The minimum atomic E-state index is -0.916. The third-order valence-electron chi connectivity index (χ3n) is 4.59. The van der Waals surface area contributed by atoms with Crippen LogP contribution in [0.15, 0.2) is 47.8 Å². The molecule has 0 aliphatic heterocycles. The molecule has 0 bridgehead atoms. The lowest BCUT2D eigenvalue weighted by Gasteiger charge is -2.17. The van der Waals surface area contributed by atoms with Crippen LogP contribution in [0, 0.1) is 0 Å². The second-order valence-corrected chi connectivity index (χ2v) is 7.16. The van der Waals surface area contributed by atoms with Crippen LogP contribution >= 0.6 is 11.3 Å². The number of carboxylic acids is 1. The Hall–Kier alpha value is -2.33. The van der Waals surface area contributed by atoms with Gasteiger partial charge in [0.1, 0.15) is 5.75 Å². The van der Waals surface area contributed by atoms with E-state index >= 15 is 0 Å². The molecule has 1 aliphatic carbocycles. The second kappa shape index (κ2) is 6.29. The summed E-state index contributed by atoms with van der Waals surface area (Å²) < 4.78 is 7.39. The van der Waals surface area contributed by atoms with Gasteiger partial charge in [-0.3, -0.25) is 0 Å². The summed E-state index contributed by atoms with van der Waals surface area (Å²) in [5.41, 5.74) is 2.15. The zero-order chi connectivity index (χ0) is 16.5. The molecule has 1 N–H and O–H groups in total. The van der Waals surface area contributed by atoms with Crippen molar-refractivity contribution < 1.29 is 14.6 Å². The Morgan fingerprint density at radius 1 is 1.08 bits per heavy atom. The van der Waals surface area contributed by atoms with Crippen LogP contribution in [0.25, 0.3) is 21.2 Å². The summed E-state index contributed by atoms with van der Waals surface area (Å²) >= 11 is 1.69. The highest BCUT2D eigenvalue weighted by molar-refractivity contribution is 7.17. The average Bonchev–Trinajstić information content (AvgIpc) is 3.25. The first kappa shape index (κ1) is 15.2. The van der Waals surface area contributed by atoms with E-state index in [-0.39, 0.29) is 11.7 Å². The van der Waals surface area contributed by atoms with Crippen LogP contribution in [0.2, 0.25) is 0 Å². The predicted molar refractivity (Wildman–Crippen MR) is 97.1 cm³/mol. The molecule has 3 aromatic rings. The first-order valence-electron chi connectivity index (χ1n) is 8.22. The highest BCUT2D eigenvalue weighted by atomic mass is 32.1. The van der Waals surface area contributed by atoms with Crippen molar-refractivity contribution >= 4 is 27.4 Å². The van der Waals surface area contributed by atoms with Crippen molar-refractivity contribution in [3.63, 3.8) is 0 Å². The van der Waals surface area contributed by atoms with Crippen LogP contribution in [0.3, 0.4) is 0 Å². The van der Waals surface area contributed by atoms with Crippen LogP contribution < -0.4 is 4.74 Å². The Balaban J connectivity index is 1.79. The van der Waals surface area contributed by atoms with Crippen LogP contribution in [0.1, 0.15) is 36.0 Å². The molecule has 1 heterocycles. The highest BCUT2D eigenvalue weighted by Crippen LogP contribution is 2.36. The largest absolute Gasteiger partial charge is 0.490 e. The molecule has 2 aromatic carbocycles. The van der Waals surface area contributed by atoms with Crippen molar-refractivity contribution in [1.29, 1.82) is 0 Å². The number of thiophene rings is 1. The van der Waals surface area contributed by atoms with E-state index in [0.717, 1.165) is 29.7 Å². The molecule has 4 rings (SSSR count). The smallest absolute Gasteiger partial charge is 0.335 e. The van der Waals surface area contributed by atoms with E-state index in [2.05, 4.69) is 23.6 Å². The van der Waals surface area contributed by atoms with E-state index < -0.39 is 5.97 Å². The fourth-order valence-corrected chi connectivity index (χ4v) is 4.13. The standard InChI is InChI=1S/C20H18O3S/c21-20(22)15-7-8-18(23-16-3-1-2-4-16)17(11-15)14-6-5-13-9-10-24-19(13)12-14/h5-12,16H,1-4H2,(H,21,22). The van der Waals surface area contributed by atoms with Gasteiger partial charge in [-0.2, -0.15) is 0 Å². The van der Waals surface area contributed by atoms with E-state index in [1.165, 1.54) is 22.9 Å². The van der Waals surface area contributed by atoms with Crippen LogP contribution in [-0.4, -0.2) is 17.2 Å². The van der Waals surface area contributed by atoms with Gasteiger partial charge < -0.3 is 9.84 Å². The Morgan fingerprint density at radius 2 is 1.92 bits per heavy atom. The Labute approximate surface area is 144 Å². The molecule has 0 radical (unpaired) electrons. The monoisotopic (exact) mass is 338 g/mol. The lowest BCUT2D eigenvalue weighted by atomic mass is 10.0. The Bertz CT molecular complexity index is 891. The van der Waals surface area contributed by atoms with Gasteiger partial charge in [-0.1, -0.05) is 12.1 Å². The number of benzene rings is 2. The minimum Gasteiger partial charge on any atom is -0.490 e. The fourth-order valence-electron chi connectivity index (χ4n) is 3.30. The maximum Gasteiger partial charge on any atom is 0.335 e. The molecule has 0 saturated heterocycles. The maximum absolute atomic E-state index is 11.4. The minimum absolute atomic E-state index is 0.241. The van der Waals surface area contributed by atoms with Crippen LogP contribution in [0.4, 0.5) is 0 Å². The van der Waals surface area contributed by atoms with E-state index in [0.29, 0.717) is 0 Å². The molecule has 0 spiro atoms. The van der Waals surface area contributed by atoms with Gasteiger partial charge in [-0.15, -0.1) is 11.3 Å². The van der Waals surface area contributed by atoms with Gasteiger partial charge >= 0.3 is 5.97 Å². The third kappa shape index (κ3) is 2.89. The summed E-state index contributed by atoms with van der Waals surface area (Å²) in [6.45, 7) is 0. The summed E-state index contributed by atoms with van der Waals surface area (Å²) in [5, 5.41) is 12.6. The predicted octanol–water partition coefficient (Wildman–Crippen LogP) is 5.59. The quantitative estimate of drug-likeness (QED) is 0.674. The van der Waals surface area contributed by atoms with Crippen molar-refractivity contribution in [2.75, 3.05) is 0 Å². The molecule has 24 heavy (non-hydrogen) atoms. The number of fused-ring (bicyclic) bond motifs is 1. The topological polar surface area (TPSA) is 46.5 Å². The summed E-state index contributed by atoms with van der Waals surface area (Å²) in [7, 11) is 0. The molecule has 1 fully saturated rings. The Kier molecular flexibility index (Phi) is 3.98. The fraction of sp³-hybridized carbons (Fsp3) is 0.250. The molecule has 1 saturated carbocycles. The van der Waals surface area contributed by atoms with Gasteiger partial charge in [-0.25, -0.2) is 4.79 Å². The van der Waals surface area contributed by atoms with Gasteiger partial charge in [-0.05, 0) is 72.3 Å². The van der Waals surface area contributed by atoms with E-state index in [1.54, 1.807) is 29.5 Å². The molecular weight excluding hydrogens is 320 g/mol. The highest BCUT2D eigenvalue weighted by Gasteiger charge is 2.19. The van der Waals surface area contributed by atoms with E-state index in [9.17, 15) is 9.90 Å². The number of hydrogen-bond acceptors (Lipinski definition) is 3. The normalized spacial score (nSPS) is 15.0. The molecule has 4 heteroatoms. The van der Waals surface area contributed by atoms with E-state index in [4.69, 9.17) is 4.74 Å². The lowest BCUT2D eigenvalue weighted by molar-refractivity contribution is 0.0697. The van der Waals surface area contributed by atoms with Crippen LogP contribution in [0.5, 0.6) is 5.75 Å². The first-order chi connectivity index (χ1) is 11.7. The summed E-state index contributed by atoms with van der Waals surface area (Å²) in [4.78, 5) is 11.4. The van der Waals surface area contributed by atoms with Gasteiger partial charge in [0.25, 0.3) is 0 Å². The number of aromatic carboxylic acids is 1. The number of ether oxygens (including phenoxy) is 1. The molecule has 0 unspecified atom stereocenters. The molecule has 3 nitrogen and oxygen atoms in total. The van der Waals surface area contributed by atoms with Crippen molar-refractivity contribution in [2.24, 2.45) is 0 Å². The molecule has 1 aromatic heterocycles. The Morgan fingerprint density at radius 3 is 2.71 bits per heavy atom. The number of carbonyl (C=O) groups is 1. The molecule has 0 amide bonds. The van der Waals surface area contributed by atoms with Gasteiger partial charge in [0.15, 0.2) is 0 Å². The lowest BCUT2D eigenvalue weighted by Crippen LogP contribution is -2.12. The van der Waals surface area contributed by atoms with Gasteiger partial charge in [0, 0.05) is 10.3 Å². The number of hydrogen-bond donors (Lipinski definition) is 1. The number of rotatable bonds is 4. The first-order valence-corrected chi connectivity index (χ1v) is 9.10. The molecule has 122 valence electrons. The van der Waals surface area contributed by atoms with Crippen molar-refractivity contribution in [2.45, 2.75) is 31.8 Å². The van der Waals surface area contributed by atoms with Gasteiger partial charge in [0.2, 0.25) is 0 Å². The van der Waals surface area contributed by atoms with Crippen molar-refractivity contribution in [1.82, 2.24) is 0 Å². The van der Waals surface area contributed by atoms with Crippen molar-refractivity contribution in [3.8, 4) is 16.9 Å². The molecular formula is C20H18O3S. The third-order valence-corrected chi connectivity index (χ3v) is 5.47. The zero-order valence-electron chi connectivity index (χ0n) is 13.2. The number of carboxylic acid groups (broad SMARTS) is 1. The average molecular weight is 338 g/mol. The second-order valence-electron chi connectivity index (χ2n) is 6.21. The van der Waals surface area contributed by atoms with E-state index in [1.807, 2.05) is 6.07 Å². The molecule has 0 atom stereocenters. The maximum atomic E-state index is 11.4. The summed E-state index contributed by atoms with van der Waals surface area (Å²) in [5.74, 6) is -0.135. The van der Waals surface area contributed by atoms with Crippen molar-refractivity contribution in [3.05, 3.63) is 53.4 Å². The summed E-state index contributed by atoms with van der Waals surface area (Å²) in [6, 6.07) is 13.5. The van der Waals surface area contributed by atoms with Crippen LogP contribution in [-0.2, 0) is 0 Å². The zero-order valence-corrected chi connectivity index (χ0v) is 14.0.